The Hall–Kier alpha value is -2.63. The van der Waals surface area contributed by atoms with E-state index in [1.165, 1.54) is 4.90 Å². The van der Waals surface area contributed by atoms with Crippen molar-refractivity contribution in [3.63, 3.8) is 0 Å². The van der Waals surface area contributed by atoms with E-state index in [0.717, 1.165) is 18.4 Å². The normalized spacial score (nSPS) is 26.3. The number of rotatable bonds is 3. The molecular weight excluding hydrogens is 318 g/mol. The molecule has 1 saturated carbocycles. The Morgan fingerprint density at radius 1 is 1.24 bits per heavy atom. The number of nitrogens with zero attached hydrogens (tertiary/aromatic N) is 2. The van der Waals surface area contributed by atoms with Crippen molar-refractivity contribution in [2.45, 2.75) is 44.7 Å². The van der Waals surface area contributed by atoms with Crippen molar-refractivity contribution in [2.75, 3.05) is 0 Å². The van der Waals surface area contributed by atoms with Crippen molar-refractivity contribution >= 4 is 11.9 Å². The van der Waals surface area contributed by atoms with Gasteiger partial charge in [0, 0.05) is 11.6 Å². The molecule has 130 valence electrons. The van der Waals surface area contributed by atoms with E-state index in [4.69, 9.17) is 4.52 Å². The maximum absolute atomic E-state index is 12.9. The number of amides is 3. The summed E-state index contributed by atoms with van der Waals surface area (Å²) in [5, 5.41) is 6.95. The fourth-order valence-corrected chi connectivity index (χ4v) is 3.70. The van der Waals surface area contributed by atoms with Crippen LogP contribution in [0.3, 0.4) is 0 Å². The number of aromatic nitrogens is 1. The molecule has 4 rings (SSSR count). The van der Waals surface area contributed by atoms with Gasteiger partial charge < -0.3 is 9.84 Å². The van der Waals surface area contributed by atoms with Crippen molar-refractivity contribution in [3.05, 3.63) is 42.1 Å². The van der Waals surface area contributed by atoms with Gasteiger partial charge in [-0.1, -0.05) is 42.4 Å². The molecule has 2 aliphatic rings. The molecule has 2 heterocycles. The van der Waals surface area contributed by atoms with E-state index < -0.39 is 5.54 Å². The molecular formula is C19H21N3O3. The number of carbonyl (C=O) groups excluding carboxylic acids is 2. The monoisotopic (exact) mass is 339 g/mol. The molecule has 6 nitrogen and oxygen atoms in total. The molecule has 2 aromatic rings. The van der Waals surface area contributed by atoms with Gasteiger partial charge in [0.05, 0.1) is 6.54 Å². The Balaban J connectivity index is 1.51. The number of benzene rings is 1. The molecule has 1 aromatic heterocycles. The van der Waals surface area contributed by atoms with E-state index in [9.17, 15) is 9.59 Å². The Morgan fingerprint density at radius 3 is 2.68 bits per heavy atom. The molecule has 1 aromatic carbocycles. The van der Waals surface area contributed by atoms with Crippen LogP contribution < -0.4 is 5.32 Å². The first kappa shape index (κ1) is 15.9. The van der Waals surface area contributed by atoms with Gasteiger partial charge in [-0.15, -0.1) is 0 Å². The quantitative estimate of drug-likeness (QED) is 0.870. The molecule has 0 bridgehead atoms. The molecule has 2 fully saturated rings. The van der Waals surface area contributed by atoms with E-state index in [0.29, 0.717) is 30.2 Å². The lowest BCUT2D eigenvalue weighted by Crippen LogP contribution is -2.49. The van der Waals surface area contributed by atoms with Gasteiger partial charge in [0.25, 0.3) is 5.91 Å². The topological polar surface area (TPSA) is 75.4 Å². The van der Waals surface area contributed by atoms with E-state index in [1.54, 1.807) is 6.07 Å². The first-order chi connectivity index (χ1) is 12.1. The third kappa shape index (κ3) is 2.81. The molecule has 0 unspecified atom stereocenters. The highest BCUT2D eigenvalue weighted by atomic mass is 16.5. The second-order valence-corrected chi connectivity index (χ2v) is 7.13. The number of hydrogen-bond acceptors (Lipinski definition) is 4. The second-order valence-electron chi connectivity index (χ2n) is 7.13. The van der Waals surface area contributed by atoms with Crippen molar-refractivity contribution < 1.29 is 14.1 Å². The van der Waals surface area contributed by atoms with Crippen molar-refractivity contribution in [3.8, 4) is 11.3 Å². The molecule has 1 N–H and O–H groups in total. The molecule has 3 amide bonds. The highest BCUT2D eigenvalue weighted by molar-refractivity contribution is 6.07. The minimum absolute atomic E-state index is 0.131. The Kier molecular flexibility index (Phi) is 3.82. The van der Waals surface area contributed by atoms with Crippen LogP contribution in [0.2, 0.25) is 0 Å². The third-order valence-electron chi connectivity index (χ3n) is 5.31. The van der Waals surface area contributed by atoms with Gasteiger partial charge in [-0.25, -0.2) is 4.79 Å². The number of hydrogen-bond donors (Lipinski definition) is 1. The largest absolute Gasteiger partial charge is 0.356 e. The zero-order chi connectivity index (χ0) is 17.4. The molecule has 1 spiro atoms. The number of urea groups is 1. The van der Waals surface area contributed by atoms with Crippen molar-refractivity contribution in [1.82, 2.24) is 15.4 Å². The van der Waals surface area contributed by atoms with Gasteiger partial charge in [0.1, 0.15) is 11.2 Å². The maximum atomic E-state index is 12.9. The molecule has 6 heteroatoms. The lowest BCUT2D eigenvalue weighted by molar-refractivity contribution is -0.133. The smallest absolute Gasteiger partial charge is 0.325 e. The summed E-state index contributed by atoms with van der Waals surface area (Å²) in [4.78, 5) is 26.5. The summed E-state index contributed by atoms with van der Waals surface area (Å²) in [7, 11) is 0. The minimum Gasteiger partial charge on any atom is -0.356 e. The van der Waals surface area contributed by atoms with Gasteiger partial charge in [-0.2, -0.15) is 0 Å². The zero-order valence-corrected chi connectivity index (χ0v) is 14.2. The van der Waals surface area contributed by atoms with Crippen LogP contribution >= 0.6 is 0 Å². The van der Waals surface area contributed by atoms with Crippen molar-refractivity contribution in [1.29, 1.82) is 0 Å². The predicted molar refractivity (Wildman–Crippen MR) is 91.4 cm³/mol. The van der Waals surface area contributed by atoms with E-state index in [2.05, 4.69) is 17.4 Å². The summed E-state index contributed by atoms with van der Waals surface area (Å²) in [6, 6.07) is 11.1. The Bertz CT molecular complexity index is 791. The minimum atomic E-state index is -0.713. The number of nitrogens with one attached hydrogen (secondary N) is 1. The summed E-state index contributed by atoms with van der Waals surface area (Å²) in [5.41, 5.74) is 0.773. The van der Waals surface area contributed by atoms with E-state index in [1.807, 2.05) is 30.3 Å². The van der Waals surface area contributed by atoms with Crippen molar-refractivity contribution in [2.24, 2.45) is 5.92 Å². The Morgan fingerprint density at radius 2 is 1.96 bits per heavy atom. The first-order valence-corrected chi connectivity index (χ1v) is 8.72. The fourth-order valence-electron chi connectivity index (χ4n) is 3.70. The Labute approximate surface area is 146 Å². The van der Waals surface area contributed by atoms with Crippen LogP contribution in [0.15, 0.2) is 40.9 Å². The molecule has 1 aliphatic heterocycles. The van der Waals surface area contributed by atoms with Gasteiger partial charge in [-0.3, -0.25) is 9.69 Å². The van der Waals surface area contributed by atoms with Crippen LogP contribution in [0.4, 0.5) is 4.79 Å². The average molecular weight is 339 g/mol. The third-order valence-corrected chi connectivity index (χ3v) is 5.31. The highest BCUT2D eigenvalue weighted by Crippen LogP contribution is 2.36. The van der Waals surface area contributed by atoms with Crippen LogP contribution in [0.25, 0.3) is 11.3 Å². The van der Waals surface area contributed by atoms with Crippen LogP contribution in [-0.2, 0) is 11.3 Å². The fraction of sp³-hybridized carbons (Fsp3) is 0.421. The van der Waals surface area contributed by atoms with Gasteiger partial charge >= 0.3 is 6.03 Å². The standard InChI is InChI=1S/C19H21N3O3/c1-13-7-9-19(10-8-13)17(23)22(18(24)20-19)12-15-11-16(25-21-15)14-5-3-2-4-6-14/h2-6,11,13H,7-10,12H2,1H3,(H,20,24). The van der Waals surface area contributed by atoms with E-state index >= 15 is 0 Å². The first-order valence-electron chi connectivity index (χ1n) is 8.72. The van der Waals surface area contributed by atoms with Crippen LogP contribution in [0.1, 0.15) is 38.3 Å². The molecule has 1 saturated heterocycles. The zero-order valence-electron chi connectivity index (χ0n) is 14.2. The number of carbonyl (C=O) groups is 2. The molecule has 1 aliphatic carbocycles. The second kappa shape index (κ2) is 6.02. The summed E-state index contributed by atoms with van der Waals surface area (Å²) in [6.45, 7) is 2.32. The van der Waals surface area contributed by atoms with Crippen LogP contribution in [0.5, 0.6) is 0 Å². The molecule has 25 heavy (non-hydrogen) atoms. The summed E-state index contributed by atoms with van der Waals surface area (Å²) in [5.74, 6) is 1.10. The van der Waals surface area contributed by atoms with Gasteiger partial charge in [0.2, 0.25) is 0 Å². The predicted octanol–water partition coefficient (Wildman–Crippen LogP) is 3.34. The summed E-state index contributed by atoms with van der Waals surface area (Å²) >= 11 is 0. The lowest BCUT2D eigenvalue weighted by atomic mass is 9.77. The summed E-state index contributed by atoms with van der Waals surface area (Å²) in [6.07, 6.45) is 3.34. The molecule has 0 radical (unpaired) electrons. The number of imide groups is 1. The maximum Gasteiger partial charge on any atom is 0.325 e. The highest BCUT2D eigenvalue weighted by Gasteiger charge is 2.52. The van der Waals surface area contributed by atoms with Crippen LogP contribution in [-0.4, -0.2) is 27.5 Å². The van der Waals surface area contributed by atoms with Gasteiger partial charge in [0.15, 0.2) is 5.76 Å². The van der Waals surface area contributed by atoms with Crippen LogP contribution in [0, 0.1) is 5.92 Å². The average Bonchev–Trinajstić information content (AvgIpc) is 3.18. The lowest BCUT2D eigenvalue weighted by Gasteiger charge is -2.33. The van der Waals surface area contributed by atoms with E-state index in [-0.39, 0.29) is 18.5 Å². The van der Waals surface area contributed by atoms with Gasteiger partial charge in [-0.05, 0) is 31.6 Å². The summed E-state index contributed by atoms with van der Waals surface area (Å²) < 4.78 is 5.36. The molecule has 0 atom stereocenters. The SMILES string of the molecule is CC1CCC2(CC1)NC(=O)N(Cc1cc(-c3ccccc3)on1)C2=O.